The van der Waals surface area contributed by atoms with Crippen molar-refractivity contribution in [1.29, 1.82) is 0 Å². The van der Waals surface area contributed by atoms with Crippen molar-refractivity contribution in [3.05, 3.63) is 29.8 Å². The minimum atomic E-state index is -0.0221. The van der Waals surface area contributed by atoms with Gasteiger partial charge in [-0.05, 0) is 48.8 Å². The van der Waals surface area contributed by atoms with Gasteiger partial charge in [0.2, 0.25) is 0 Å². The van der Waals surface area contributed by atoms with Gasteiger partial charge >= 0.3 is 0 Å². The number of amides is 1. The summed E-state index contributed by atoms with van der Waals surface area (Å²) < 4.78 is 5.59. The Balaban J connectivity index is 1.51. The SMILES string of the molecule is CN(C)C(=O)COc1cccc(CNC2CCC23CCCC3)c1. The van der Waals surface area contributed by atoms with E-state index in [4.69, 9.17) is 4.74 Å². The Kier molecular flexibility index (Phi) is 4.90. The molecule has 0 aliphatic heterocycles. The molecule has 1 atom stereocenters. The largest absolute Gasteiger partial charge is 0.484 e. The van der Waals surface area contributed by atoms with Crippen molar-refractivity contribution in [2.24, 2.45) is 5.41 Å². The molecule has 4 heteroatoms. The summed E-state index contributed by atoms with van der Waals surface area (Å²) in [5.41, 5.74) is 1.83. The molecule has 1 spiro atoms. The third-order valence-electron chi connectivity index (χ3n) is 5.58. The fourth-order valence-electron chi connectivity index (χ4n) is 3.95. The predicted octanol–water partition coefficient (Wildman–Crippen LogP) is 2.97. The number of nitrogens with one attached hydrogen (secondary N) is 1. The van der Waals surface area contributed by atoms with E-state index >= 15 is 0 Å². The Labute approximate surface area is 139 Å². The molecular weight excluding hydrogens is 288 g/mol. The summed E-state index contributed by atoms with van der Waals surface area (Å²) in [6.45, 7) is 0.973. The summed E-state index contributed by atoms with van der Waals surface area (Å²) in [5, 5.41) is 3.75. The second kappa shape index (κ2) is 6.91. The zero-order valence-corrected chi connectivity index (χ0v) is 14.3. The number of ether oxygens (including phenoxy) is 1. The molecule has 1 aromatic carbocycles. The molecule has 3 rings (SSSR count). The summed E-state index contributed by atoms with van der Waals surface area (Å²) >= 11 is 0. The number of rotatable bonds is 6. The van der Waals surface area contributed by atoms with Gasteiger partial charge in [-0.2, -0.15) is 0 Å². The fraction of sp³-hybridized carbons (Fsp3) is 0.632. The minimum absolute atomic E-state index is 0.0221. The number of benzene rings is 1. The molecule has 4 nitrogen and oxygen atoms in total. The first-order chi connectivity index (χ1) is 11.1. The zero-order valence-electron chi connectivity index (χ0n) is 14.3. The maximum atomic E-state index is 11.6. The highest BCUT2D eigenvalue weighted by Crippen LogP contribution is 2.53. The Bertz CT molecular complexity index is 550. The van der Waals surface area contributed by atoms with Crippen molar-refractivity contribution in [2.45, 2.75) is 51.1 Å². The van der Waals surface area contributed by atoms with Crippen LogP contribution in [0.4, 0.5) is 0 Å². The molecule has 2 fully saturated rings. The molecule has 126 valence electrons. The number of likely N-dealkylation sites (N-methyl/N-ethyl adjacent to an activating group) is 1. The van der Waals surface area contributed by atoms with Crippen LogP contribution in [0, 0.1) is 5.41 Å². The minimum Gasteiger partial charge on any atom is -0.484 e. The van der Waals surface area contributed by atoms with Crippen molar-refractivity contribution in [1.82, 2.24) is 10.2 Å². The second-order valence-corrected chi connectivity index (χ2v) is 7.27. The quantitative estimate of drug-likeness (QED) is 0.877. The molecular formula is C19H28N2O2. The Morgan fingerprint density at radius 1 is 1.30 bits per heavy atom. The van der Waals surface area contributed by atoms with Crippen LogP contribution in [0.3, 0.4) is 0 Å². The smallest absolute Gasteiger partial charge is 0.259 e. The summed E-state index contributed by atoms with van der Waals surface area (Å²) in [7, 11) is 3.48. The van der Waals surface area contributed by atoms with Gasteiger partial charge in [0.05, 0.1) is 0 Å². The highest BCUT2D eigenvalue weighted by atomic mass is 16.5. The van der Waals surface area contributed by atoms with E-state index in [1.165, 1.54) is 44.1 Å². The van der Waals surface area contributed by atoms with Crippen LogP contribution in [0.25, 0.3) is 0 Å². The van der Waals surface area contributed by atoms with E-state index < -0.39 is 0 Å². The molecule has 0 heterocycles. The molecule has 1 unspecified atom stereocenters. The van der Waals surface area contributed by atoms with E-state index in [1.54, 1.807) is 19.0 Å². The third-order valence-corrected chi connectivity index (χ3v) is 5.58. The maximum Gasteiger partial charge on any atom is 0.259 e. The molecule has 1 aromatic rings. The van der Waals surface area contributed by atoms with Crippen LogP contribution in [0.5, 0.6) is 5.75 Å². The van der Waals surface area contributed by atoms with E-state index in [-0.39, 0.29) is 12.5 Å². The van der Waals surface area contributed by atoms with Gasteiger partial charge in [0.25, 0.3) is 5.91 Å². The maximum absolute atomic E-state index is 11.6. The first-order valence-corrected chi connectivity index (χ1v) is 8.74. The molecule has 2 saturated carbocycles. The molecule has 0 saturated heterocycles. The molecule has 1 N–H and O–H groups in total. The Morgan fingerprint density at radius 3 is 2.74 bits per heavy atom. The fourth-order valence-corrected chi connectivity index (χ4v) is 3.95. The number of carbonyl (C=O) groups excluding carboxylic acids is 1. The Morgan fingerprint density at radius 2 is 2.09 bits per heavy atom. The van der Waals surface area contributed by atoms with Crippen molar-refractivity contribution >= 4 is 5.91 Å². The van der Waals surface area contributed by atoms with Gasteiger partial charge < -0.3 is 15.0 Å². The molecule has 0 radical (unpaired) electrons. The number of hydrogen-bond donors (Lipinski definition) is 1. The van der Waals surface area contributed by atoms with Gasteiger partial charge in [0.1, 0.15) is 5.75 Å². The lowest BCUT2D eigenvalue weighted by atomic mass is 9.63. The average molecular weight is 316 g/mol. The van der Waals surface area contributed by atoms with Crippen LogP contribution in [0.1, 0.15) is 44.1 Å². The van der Waals surface area contributed by atoms with Crippen LogP contribution in [0.2, 0.25) is 0 Å². The van der Waals surface area contributed by atoms with Gasteiger partial charge in [-0.3, -0.25) is 4.79 Å². The second-order valence-electron chi connectivity index (χ2n) is 7.27. The summed E-state index contributed by atoms with van der Waals surface area (Å²) in [6, 6.07) is 8.75. The topological polar surface area (TPSA) is 41.6 Å². The molecule has 23 heavy (non-hydrogen) atoms. The molecule has 1 amide bonds. The van der Waals surface area contributed by atoms with Crippen molar-refractivity contribution in [3.63, 3.8) is 0 Å². The predicted molar refractivity (Wildman–Crippen MR) is 91.4 cm³/mol. The Hall–Kier alpha value is -1.55. The highest BCUT2D eigenvalue weighted by Gasteiger charge is 2.47. The molecule has 2 aliphatic carbocycles. The van der Waals surface area contributed by atoms with Crippen molar-refractivity contribution in [3.8, 4) is 5.75 Å². The monoisotopic (exact) mass is 316 g/mol. The molecule has 0 bridgehead atoms. The van der Waals surface area contributed by atoms with Crippen LogP contribution < -0.4 is 10.1 Å². The van der Waals surface area contributed by atoms with Gasteiger partial charge in [-0.25, -0.2) is 0 Å². The first-order valence-electron chi connectivity index (χ1n) is 8.74. The standard InChI is InChI=1S/C19H28N2O2/c1-21(2)18(22)14-23-16-7-5-6-15(12-16)13-20-17-8-11-19(17)9-3-4-10-19/h5-7,12,17,20H,3-4,8-11,13-14H2,1-2H3. The van der Waals surface area contributed by atoms with E-state index in [0.29, 0.717) is 11.5 Å². The van der Waals surface area contributed by atoms with Gasteiger partial charge in [-0.1, -0.05) is 25.0 Å². The first kappa shape index (κ1) is 16.3. The van der Waals surface area contributed by atoms with E-state index in [9.17, 15) is 4.79 Å². The van der Waals surface area contributed by atoms with Crippen LogP contribution in [0.15, 0.2) is 24.3 Å². The zero-order chi connectivity index (χ0) is 16.3. The van der Waals surface area contributed by atoms with Crippen molar-refractivity contribution < 1.29 is 9.53 Å². The van der Waals surface area contributed by atoms with Gasteiger partial charge in [0.15, 0.2) is 6.61 Å². The summed E-state index contributed by atoms with van der Waals surface area (Å²) in [6.07, 6.45) is 8.33. The van der Waals surface area contributed by atoms with Crippen LogP contribution >= 0.6 is 0 Å². The molecule has 0 aromatic heterocycles. The molecule has 2 aliphatic rings. The van der Waals surface area contributed by atoms with E-state index in [1.807, 2.05) is 18.2 Å². The lowest BCUT2D eigenvalue weighted by molar-refractivity contribution is -0.130. The number of nitrogens with zero attached hydrogens (tertiary/aromatic N) is 1. The average Bonchev–Trinajstić information content (AvgIpc) is 3.04. The van der Waals surface area contributed by atoms with Gasteiger partial charge in [-0.15, -0.1) is 0 Å². The third kappa shape index (κ3) is 3.69. The lowest BCUT2D eigenvalue weighted by Gasteiger charge is -2.48. The highest BCUT2D eigenvalue weighted by molar-refractivity contribution is 5.77. The van der Waals surface area contributed by atoms with Crippen LogP contribution in [-0.4, -0.2) is 37.6 Å². The van der Waals surface area contributed by atoms with Crippen molar-refractivity contribution in [2.75, 3.05) is 20.7 Å². The normalized spacial score (nSPS) is 21.9. The van der Waals surface area contributed by atoms with E-state index in [0.717, 1.165) is 12.3 Å². The number of carbonyl (C=O) groups is 1. The summed E-state index contributed by atoms with van der Waals surface area (Å²) in [5.74, 6) is 0.745. The number of hydrogen-bond acceptors (Lipinski definition) is 3. The van der Waals surface area contributed by atoms with Gasteiger partial charge in [0, 0.05) is 26.7 Å². The summed E-state index contributed by atoms with van der Waals surface area (Å²) in [4.78, 5) is 13.1. The van der Waals surface area contributed by atoms with Crippen LogP contribution in [-0.2, 0) is 11.3 Å². The lowest BCUT2D eigenvalue weighted by Crippen LogP contribution is -2.51. The van der Waals surface area contributed by atoms with E-state index in [2.05, 4.69) is 11.4 Å².